The van der Waals surface area contributed by atoms with Crippen molar-refractivity contribution < 1.29 is 59.5 Å². The van der Waals surface area contributed by atoms with E-state index in [0.717, 1.165) is 0 Å². The van der Waals surface area contributed by atoms with Gasteiger partial charge in [-0.15, -0.1) is 0 Å². The number of alkyl halides is 1. The molecule has 0 bridgehead atoms. The zero-order valence-electron chi connectivity index (χ0n) is 9.47. The molecule has 0 spiro atoms. The zero-order valence-corrected chi connectivity index (χ0v) is 18.1. The molecule has 0 rings (SSSR count). The van der Waals surface area contributed by atoms with E-state index in [1.165, 1.54) is 30.1 Å². The number of quaternary nitrogens is 1. The third kappa shape index (κ3) is 8.67. The Morgan fingerprint density at radius 1 is 1.40 bits per heavy atom. The summed E-state index contributed by atoms with van der Waals surface area (Å²) in [5.74, 6) is 0. The monoisotopic (exact) mass is 752 g/mol. The van der Waals surface area contributed by atoms with E-state index in [-0.39, 0.29) is 0 Å². The van der Waals surface area contributed by atoms with Gasteiger partial charge in [-0.1, -0.05) is 0 Å². The fraction of sp³-hybridized carbons (Fsp3) is 0.667. The molecule has 13 nitrogen and oxygen atoms in total. The summed E-state index contributed by atoms with van der Waals surface area (Å²) in [6, 6.07) is 0. The molecule has 0 saturated heterocycles. The first-order valence-electron chi connectivity index (χ1n) is 4.00. The first-order chi connectivity index (χ1) is 9.51. The maximum absolute atomic E-state index is 6.74. The number of hydrogen-bond donors (Lipinski definition) is 3. The zero-order chi connectivity index (χ0) is 15.5. The molecule has 0 aromatic carbocycles. The Kier molecular flexibility index (Phi) is 13.8. The fourth-order valence-electron chi connectivity index (χ4n) is 0.494. The van der Waals surface area contributed by atoms with Crippen LogP contribution in [0.25, 0.3) is 0 Å². The van der Waals surface area contributed by atoms with Crippen molar-refractivity contribution in [1.29, 1.82) is 0 Å². The second-order valence-electron chi connectivity index (χ2n) is 2.19. The molecule has 0 aliphatic carbocycles. The molecule has 0 fully saturated rings. The minimum absolute atomic E-state index is 1.02. The van der Waals surface area contributed by atoms with Gasteiger partial charge < -0.3 is 0 Å². The van der Waals surface area contributed by atoms with Crippen molar-refractivity contribution in [2.24, 2.45) is 5.10 Å². The Morgan fingerprint density at radius 3 is 2.55 bits per heavy atom. The van der Waals surface area contributed by atoms with Crippen molar-refractivity contribution in [1.82, 2.24) is 16.8 Å². The summed E-state index contributed by atoms with van der Waals surface area (Å²) in [5.41, 5.74) is 5.97. The SMILES string of the molecule is C=N[N+](OI)(ONO[I-]OI)ON[C@@](I)(OC)ON[OH2+]. The van der Waals surface area contributed by atoms with E-state index in [0.29, 0.717) is 0 Å². The molecule has 0 radical (unpaired) electrons. The number of rotatable bonds is 13. The van der Waals surface area contributed by atoms with E-state index in [4.69, 9.17) is 31.0 Å². The number of hydroxylamine groups is 1. The van der Waals surface area contributed by atoms with Crippen LogP contribution in [0.1, 0.15) is 0 Å². The Labute approximate surface area is 166 Å². The number of hydrogen-bond acceptors (Lipinski definition) is 11. The summed E-state index contributed by atoms with van der Waals surface area (Å²) < 4.78 is 17.6. The van der Waals surface area contributed by atoms with Crippen LogP contribution < -0.4 is 38.8 Å². The van der Waals surface area contributed by atoms with E-state index < -0.39 is 31.0 Å². The number of nitrogens with zero attached hydrogens (tertiary/aromatic N) is 2. The molecular weight excluding hydrogens is 742 g/mol. The average molecular weight is 752 g/mol. The molecule has 0 aromatic rings. The third-order valence-corrected chi connectivity index (χ3v) is 4.01. The molecule has 0 saturated carbocycles. The normalized spacial score (nSPS) is 17.6. The van der Waals surface area contributed by atoms with Gasteiger partial charge in [0.1, 0.15) is 0 Å². The van der Waals surface area contributed by atoms with Gasteiger partial charge in [-0.2, -0.15) is 0 Å². The van der Waals surface area contributed by atoms with Crippen molar-refractivity contribution in [3.63, 3.8) is 0 Å². The van der Waals surface area contributed by atoms with Crippen LogP contribution in [0.4, 0.5) is 0 Å². The molecule has 17 heteroatoms. The topological polar surface area (TPSA) is 136 Å². The summed E-state index contributed by atoms with van der Waals surface area (Å²) in [7, 11) is 1.30. The predicted octanol–water partition coefficient (Wildman–Crippen LogP) is -3.36. The Hall–Kier alpha value is 2.11. The minimum atomic E-state index is -1.56. The van der Waals surface area contributed by atoms with Gasteiger partial charge in [0.2, 0.25) is 0 Å². The van der Waals surface area contributed by atoms with E-state index in [1.54, 1.807) is 51.2 Å². The van der Waals surface area contributed by atoms with Crippen LogP contribution in [-0.4, -0.2) is 28.0 Å². The summed E-state index contributed by atoms with van der Waals surface area (Å²) in [6.07, 6.45) is 0. The molecule has 5 N–H and O–H groups in total. The average Bonchev–Trinajstić information content (AvgIpc) is 2.47. The number of ether oxygens (including phenoxy) is 1. The van der Waals surface area contributed by atoms with Gasteiger partial charge in [0.15, 0.2) is 0 Å². The van der Waals surface area contributed by atoms with Crippen LogP contribution in [0.5, 0.6) is 0 Å². The van der Waals surface area contributed by atoms with Crippen molar-refractivity contribution >= 4 is 75.3 Å². The van der Waals surface area contributed by atoms with Gasteiger partial charge in [-0.05, 0) is 0 Å². The molecule has 0 aromatic heterocycles. The first-order valence-corrected chi connectivity index (χ1v) is 8.61. The quantitative estimate of drug-likeness (QED) is 0.0202. The molecule has 20 heavy (non-hydrogen) atoms. The van der Waals surface area contributed by atoms with Crippen molar-refractivity contribution in [2.45, 2.75) is 3.92 Å². The van der Waals surface area contributed by atoms with Crippen LogP contribution in [0, 0.1) is 0 Å². The van der Waals surface area contributed by atoms with Crippen LogP contribution in [0.3, 0.4) is 0 Å². The van der Waals surface area contributed by atoms with Crippen molar-refractivity contribution in [3.8, 4) is 0 Å². The van der Waals surface area contributed by atoms with E-state index in [9.17, 15) is 0 Å². The molecule has 0 amide bonds. The van der Waals surface area contributed by atoms with Crippen LogP contribution in [-0.2, 0) is 27.2 Å². The van der Waals surface area contributed by atoms with Gasteiger partial charge in [0.05, 0.1) is 0 Å². The van der Waals surface area contributed by atoms with Gasteiger partial charge in [-0.25, -0.2) is 0 Å². The number of halogens is 4. The maximum atomic E-state index is 6.74. The van der Waals surface area contributed by atoms with Gasteiger partial charge >= 0.3 is 168 Å². The number of methoxy groups -OCH3 is 1. The van der Waals surface area contributed by atoms with Gasteiger partial charge in [0.25, 0.3) is 0 Å². The molecule has 1 unspecified atom stereocenters. The summed E-state index contributed by atoms with van der Waals surface area (Å²) in [6.45, 7) is 3.22. The summed E-state index contributed by atoms with van der Waals surface area (Å²) in [4.78, 5) is 14.5. The standard InChI is InChI=1S/C3H9I4N5O8/c1-8-12(17-6,20-11-18-7-16-5)19-9-3(4,14-2)15-10-13/h9-11,13H,1H2,2H3/p+1/t3-,12?/m0/s1. The molecular formula is C3H10I4N5O8+. The second kappa shape index (κ2) is 12.5. The van der Waals surface area contributed by atoms with Crippen LogP contribution >= 0.6 is 68.6 Å². The molecule has 0 aliphatic heterocycles. The van der Waals surface area contributed by atoms with Gasteiger partial charge in [0, 0.05) is 0 Å². The first kappa shape index (κ1) is 22.1. The van der Waals surface area contributed by atoms with E-state index >= 15 is 0 Å². The Balaban J connectivity index is 4.47. The van der Waals surface area contributed by atoms with Crippen molar-refractivity contribution in [2.75, 3.05) is 7.11 Å². The third-order valence-electron chi connectivity index (χ3n) is 1.23. The Bertz CT molecular complexity index is 280. The predicted molar refractivity (Wildman–Crippen MR) is 81.1 cm³/mol. The van der Waals surface area contributed by atoms with E-state index in [2.05, 4.69) is 18.7 Å². The number of nitrogens with one attached hydrogen (secondary N) is 3. The Morgan fingerprint density at radius 2 is 2.10 bits per heavy atom. The molecule has 122 valence electrons. The second-order valence-corrected chi connectivity index (χ2v) is 7.37. The molecule has 0 aliphatic rings. The summed E-state index contributed by atoms with van der Waals surface area (Å²) in [5, 5.41) is 8.88. The van der Waals surface area contributed by atoms with Crippen LogP contribution in [0.15, 0.2) is 5.10 Å². The van der Waals surface area contributed by atoms with Crippen molar-refractivity contribution in [3.05, 3.63) is 0 Å². The van der Waals surface area contributed by atoms with Gasteiger partial charge in [-0.3, -0.25) is 0 Å². The van der Waals surface area contributed by atoms with E-state index in [1.807, 2.05) is 5.64 Å². The summed E-state index contributed by atoms with van der Waals surface area (Å²) >= 11 is 3.73. The molecule has 0 heterocycles. The molecule has 2 atom stereocenters. The van der Waals surface area contributed by atoms with Crippen LogP contribution in [0.2, 0.25) is 0 Å². The fourth-order valence-corrected chi connectivity index (χ4v) is 1.67.